The molecule has 96 valence electrons. The van der Waals surface area contributed by atoms with Crippen LogP contribution in [0.15, 0.2) is 0 Å². The van der Waals surface area contributed by atoms with Crippen LogP contribution < -0.4 is 0 Å². The quantitative estimate of drug-likeness (QED) is 0.665. The molecule has 0 radical (unpaired) electrons. The molecule has 0 aromatic heterocycles. The lowest BCUT2D eigenvalue weighted by Crippen LogP contribution is -2.49. The Morgan fingerprint density at radius 1 is 1.50 bits per heavy atom. The molecule has 1 rings (SSSR count). The van der Waals surface area contributed by atoms with Crippen LogP contribution in [0.4, 0.5) is 0 Å². The van der Waals surface area contributed by atoms with Crippen molar-refractivity contribution >= 4 is 11.6 Å². The number of ether oxygens (including phenoxy) is 1. The number of hydrogen-bond acceptors (Lipinski definition) is 3. The first-order valence-electron chi connectivity index (χ1n) is 6.31. The highest BCUT2D eigenvalue weighted by atomic mass is 35.5. The number of morpholine rings is 1. The topological polar surface area (TPSA) is 15.7 Å². The average Bonchev–Trinajstić information content (AvgIpc) is 2.28. The third-order valence-corrected chi connectivity index (χ3v) is 3.38. The van der Waals surface area contributed by atoms with E-state index in [-0.39, 0.29) is 0 Å². The van der Waals surface area contributed by atoms with Crippen molar-refractivity contribution < 1.29 is 4.74 Å². The third kappa shape index (κ3) is 4.58. The van der Waals surface area contributed by atoms with Gasteiger partial charge in [0.25, 0.3) is 0 Å². The van der Waals surface area contributed by atoms with E-state index in [2.05, 4.69) is 30.6 Å². The molecule has 1 atom stereocenters. The Morgan fingerprint density at radius 3 is 2.81 bits per heavy atom. The maximum absolute atomic E-state index is 5.82. The van der Waals surface area contributed by atoms with Gasteiger partial charge in [-0.25, -0.2) is 0 Å². The summed E-state index contributed by atoms with van der Waals surface area (Å²) in [6.45, 7) is 12.7. The standard InChI is InChI=1S/C12H25ClN2O/c1-4-14-7-8-16-12(9-14)10-15(6-5-13)11(2)3/h11-12H,4-10H2,1-3H3. The Balaban J connectivity index is 2.38. The van der Waals surface area contributed by atoms with Crippen LogP contribution in [0.3, 0.4) is 0 Å². The van der Waals surface area contributed by atoms with Crippen LogP contribution in [0.1, 0.15) is 20.8 Å². The first-order valence-corrected chi connectivity index (χ1v) is 6.84. The van der Waals surface area contributed by atoms with E-state index >= 15 is 0 Å². The molecule has 1 heterocycles. The van der Waals surface area contributed by atoms with Gasteiger partial charge in [0.2, 0.25) is 0 Å². The summed E-state index contributed by atoms with van der Waals surface area (Å²) in [7, 11) is 0. The van der Waals surface area contributed by atoms with Gasteiger partial charge in [0.05, 0.1) is 12.7 Å². The van der Waals surface area contributed by atoms with Gasteiger partial charge in [-0.3, -0.25) is 9.80 Å². The second-order valence-corrected chi connectivity index (χ2v) is 5.04. The molecule has 1 unspecified atom stereocenters. The summed E-state index contributed by atoms with van der Waals surface area (Å²) in [5.41, 5.74) is 0. The Hall–Kier alpha value is 0.170. The third-order valence-electron chi connectivity index (χ3n) is 3.21. The average molecular weight is 249 g/mol. The monoisotopic (exact) mass is 248 g/mol. The Morgan fingerprint density at radius 2 is 2.25 bits per heavy atom. The largest absolute Gasteiger partial charge is 0.374 e. The predicted octanol–water partition coefficient (Wildman–Crippen LogP) is 1.66. The molecule has 1 fully saturated rings. The fourth-order valence-corrected chi connectivity index (χ4v) is 2.33. The molecule has 1 saturated heterocycles. The maximum Gasteiger partial charge on any atom is 0.0829 e. The van der Waals surface area contributed by atoms with Crippen molar-refractivity contribution in [1.82, 2.24) is 9.80 Å². The van der Waals surface area contributed by atoms with Crippen molar-refractivity contribution in [2.24, 2.45) is 0 Å². The molecule has 0 N–H and O–H groups in total. The Labute approximate surface area is 105 Å². The molecule has 0 saturated carbocycles. The summed E-state index contributed by atoms with van der Waals surface area (Å²) in [6.07, 6.45) is 0.347. The second kappa shape index (κ2) is 7.49. The van der Waals surface area contributed by atoms with E-state index in [4.69, 9.17) is 16.3 Å². The molecule has 4 heteroatoms. The summed E-state index contributed by atoms with van der Waals surface area (Å²) in [6, 6.07) is 0.541. The zero-order chi connectivity index (χ0) is 12.0. The molecule has 0 spiro atoms. The molecular formula is C12H25ClN2O. The molecule has 0 aromatic carbocycles. The van der Waals surface area contributed by atoms with Crippen LogP contribution in [-0.2, 0) is 4.74 Å². The summed E-state index contributed by atoms with van der Waals surface area (Å²) in [5, 5.41) is 0. The zero-order valence-electron chi connectivity index (χ0n) is 10.8. The van der Waals surface area contributed by atoms with Crippen LogP contribution >= 0.6 is 11.6 Å². The van der Waals surface area contributed by atoms with Gasteiger partial charge in [0, 0.05) is 38.1 Å². The fraction of sp³-hybridized carbons (Fsp3) is 1.00. The predicted molar refractivity (Wildman–Crippen MR) is 69.3 cm³/mol. The molecule has 0 aliphatic carbocycles. The number of hydrogen-bond donors (Lipinski definition) is 0. The fourth-order valence-electron chi connectivity index (χ4n) is 2.11. The number of alkyl halides is 1. The highest BCUT2D eigenvalue weighted by Crippen LogP contribution is 2.09. The highest BCUT2D eigenvalue weighted by molar-refractivity contribution is 6.18. The molecule has 1 aliphatic heterocycles. The minimum absolute atomic E-state index is 0.347. The van der Waals surface area contributed by atoms with Gasteiger partial charge in [-0.2, -0.15) is 0 Å². The lowest BCUT2D eigenvalue weighted by molar-refractivity contribution is -0.0446. The molecule has 1 aliphatic rings. The number of halogens is 1. The number of likely N-dealkylation sites (N-methyl/N-ethyl adjacent to an activating group) is 1. The van der Waals surface area contributed by atoms with E-state index in [0.29, 0.717) is 18.0 Å². The van der Waals surface area contributed by atoms with Gasteiger partial charge in [0.1, 0.15) is 0 Å². The van der Waals surface area contributed by atoms with E-state index in [1.54, 1.807) is 0 Å². The van der Waals surface area contributed by atoms with Crippen LogP contribution in [-0.4, -0.2) is 67.2 Å². The van der Waals surface area contributed by atoms with E-state index in [1.165, 1.54) is 0 Å². The lowest BCUT2D eigenvalue weighted by Gasteiger charge is -2.36. The van der Waals surface area contributed by atoms with Gasteiger partial charge >= 0.3 is 0 Å². The van der Waals surface area contributed by atoms with Crippen LogP contribution in [0.2, 0.25) is 0 Å². The van der Waals surface area contributed by atoms with Crippen molar-refractivity contribution in [3.8, 4) is 0 Å². The van der Waals surface area contributed by atoms with Crippen molar-refractivity contribution in [1.29, 1.82) is 0 Å². The van der Waals surface area contributed by atoms with Crippen molar-refractivity contribution in [3.63, 3.8) is 0 Å². The van der Waals surface area contributed by atoms with Crippen LogP contribution in [0, 0.1) is 0 Å². The minimum atomic E-state index is 0.347. The van der Waals surface area contributed by atoms with E-state index in [9.17, 15) is 0 Å². The minimum Gasteiger partial charge on any atom is -0.374 e. The van der Waals surface area contributed by atoms with E-state index in [0.717, 1.165) is 39.3 Å². The first kappa shape index (κ1) is 14.2. The lowest BCUT2D eigenvalue weighted by atomic mass is 10.2. The van der Waals surface area contributed by atoms with Gasteiger partial charge in [-0.05, 0) is 20.4 Å². The maximum atomic E-state index is 5.82. The highest BCUT2D eigenvalue weighted by Gasteiger charge is 2.22. The van der Waals surface area contributed by atoms with Gasteiger partial charge in [-0.1, -0.05) is 6.92 Å². The van der Waals surface area contributed by atoms with Gasteiger partial charge in [0.15, 0.2) is 0 Å². The van der Waals surface area contributed by atoms with E-state index in [1.807, 2.05) is 0 Å². The van der Waals surface area contributed by atoms with Crippen molar-refractivity contribution in [2.45, 2.75) is 32.9 Å². The SMILES string of the molecule is CCN1CCOC(CN(CCCl)C(C)C)C1. The normalized spacial score (nSPS) is 23.2. The molecule has 0 amide bonds. The molecule has 3 nitrogen and oxygen atoms in total. The Kier molecular flexibility index (Phi) is 6.66. The summed E-state index contributed by atoms with van der Waals surface area (Å²) >= 11 is 5.82. The molecular weight excluding hydrogens is 224 g/mol. The van der Waals surface area contributed by atoms with E-state index < -0.39 is 0 Å². The second-order valence-electron chi connectivity index (χ2n) is 4.66. The summed E-state index contributed by atoms with van der Waals surface area (Å²) in [4.78, 5) is 4.85. The summed E-state index contributed by atoms with van der Waals surface area (Å²) < 4.78 is 5.81. The molecule has 0 bridgehead atoms. The first-order chi connectivity index (χ1) is 7.67. The van der Waals surface area contributed by atoms with Crippen molar-refractivity contribution in [3.05, 3.63) is 0 Å². The summed E-state index contributed by atoms with van der Waals surface area (Å²) in [5.74, 6) is 0.697. The number of nitrogens with zero attached hydrogens (tertiary/aromatic N) is 2. The molecule has 0 aromatic rings. The van der Waals surface area contributed by atoms with Crippen LogP contribution in [0.25, 0.3) is 0 Å². The smallest absolute Gasteiger partial charge is 0.0829 e. The van der Waals surface area contributed by atoms with Crippen LogP contribution in [0.5, 0.6) is 0 Å². The molecule has 16 heavy (non-hydrogen) atoms. The Bertz CT molecular complexity index is 190. The van der Waals surface area contributed by atoms with Gasteiger partial charge in [-0.15, -0.1) is 11.6 Å². The van der Waals surface area contributed by atoms with Crippen molar-refractivity contribution in [2.75, 3.05) is 45.2 Å². The van der Waals surface area contributed by atoms with Gasteiger partial charge < -0.3 is 4.74 Å². The zero-order valence-corrected chi connectivity index (χ0v) is 11.5. The number of rotatable bonds is 6.